The Morgan fingerprint density at radius 2 is 1.83 bits per heavy atom. The highest BCUT2D eigenvalue weighted by Gasteiger charge is 2.45. The minimum Gasteiger partial charge on any atom is -0.292 e. The molecule has 0 aromatic heterocycles. The number of hydrogen-bond acceptors (Lipinski definition) is 3. The Morgan fingerprint density at radius 1 is 1.25 bits per heavy atom. The summed E-state index contributed by atoms with van der Waals surface area (Å²) in [6.45, 7) is 7.00. The van der Waals surface area contributed by atoms with Crippen LogP contribution in [0.2, 0.25) is 0 Å². The second-order valence-corrected chi connectivity index (χ2v) is 4.21. The lowest BCUT2D eigenvalue weighted by Gasteiger charge is -2.58. The van der Waals surface area contributed by atoms with Crippen molar-refractivity contribution >= 4 is 0 Å². The molecule has 0 saturated carbocycles. The summed E-state index contributed by atoms with van der Waals surface area (Å²) < 4.78 is 0. The monoisotopic (exact) mass is 169 g/mol. The van der Waals surface area contributed by atoms with Crippen molar-refractivity contribution in [2.75, 3.05) is 20.1 Å². The quantitative estimate of drug-likeness (QED) is 0.641. The van der Waals surface area contributed by atoms with E-state index in [0.29, 0.717) is 0 Å². The fourth-order valence-corrected chi connectivity index (χ4v) is 2.66. The summed E-state index contributed by atoms with van der Waals surface area (Å²) in [4.78, 5) is 2.65. The molecule has 2 atom stereocenters. The van der Waals surface area contributed by atoms with Crippen LogP contribution in [0.5, 0.6) is 0 Å². The Morgan fingerprint density at radius 3 is 2.25 bits per heavy atom. The third-order valence-electron chi connectivity index (χ3n) is 3.16. The first-order chi connectivity index (χ1) is 5.72. The molecule has 3 rings (SSSR count). The fourth-order valence-electron chi connectivity index (χ4n) is 2.66. The second-order valence-electron chi connectivity index (χ2n) is 4.21. The predicted octanol–water partition coefficient (Wildman–Crippen LogP) is 0.288. The first kappa shape index (κ1) is 8.48. The summed E-state index contributed by atoms with van der Waals surface area (Å²) in [5.74, 6) is 0. The molecule has 3 aliphatic heterocycles. The lowest BCUT2D eigenvalue weighted by molar-refractivity contribution is -0.1000. The zero-order valence-corrected chi connectivity index (χ0v) is 8.25. The van der Waals surface area contributed by atoms with Crippen molar-refractivity contribution in [2.24, 2.45) is 0 Å². The normalized spacial score (nSPS) is 37.0. The molecule has 0 radical (unpaired) electrons. The van der Waals surface area contributed by atoms with Gasteiger partial charge in [-0.1, -0.05) is 0 Å². The largest absolute Gasteiger partial charge is 0.292 e. The van der Waals surface area contributed by atoms with E-state index >= 15 is 0 Å². The zero-order chi connectivity index (χ0) is 8.72. The van der Waals surface area contributed by atoms with Gasteiger partial charge in [0.25, 0.3) is 0 Å². The van der Waals surface area contributed by atoms with Crippen molar-refractivity contribution in [3.05, 3.63) is 0 Å². The van der Waals surface area contributed by atoms with E-state index in [1.807, 2.05) is 7.05 Å². The fraction of sp³-hybridized carbons (Fsp3) is 1.00. The van der Waals surface area contributed by atoms with E-state index in [0.717, 1.165) is 18.1 Å². The van der Waals surface area contributed by atoms with E-state index < -0.39 is 0 Å². The predicted molar refractivity (Wildman–Crippen MR) is 49.8 cm³/mol. The third kappa shape index (κ3) is 1.16. The SMILES string of the molecule is CNN1CC2CC(C1)N2C(C)C. The minimum absolute atomic E-state index is 0.729. The Balaban J connectivity index is 1.94. The smallest absolute Gasteiger partial charge is 0.0288 e. The van der Waals surface area contributed by atoms with Crippen molar-refractivity contribution in [1.29, 1.82) is 0 Å². The summed E-state index contributed by atoms with van der Waals surface area (Å²) >= 11 is 0. The molecule has 0 spiro atoms. The number of piperazine rings is 1. The average Bonchev–Trinajstić information content (AvgIpc) is 2.03. The van der Waals surface area contributed by atoms with E-state index in [4.69, 9.17) is 0 Å². The molecule has 2 bridgehead atoms. The van der Waals surface area contributed by atoms with Crippen molar-refractivity contribution in [3.63, 3.8) is 0 Å². The number of nitrogens with one attached hydrogen (secondary N) is 1. The highest BCUT2D eigenvalue weighted by atomic mass is 15.5. The van der Waals surface area contributed by atoms with Crippen molar-refractivity contribution in [3.8, 4) is 0 Å². The maximum Gasteiger partial charge on any atom is 0.0288 e. The Labute approximate surface area is 74.7 Å². The number of piperidine rings is 1. The molecule has 0 aliphatic carbocycles. The van der Waals surface area contributed by atoms with Crippen LogP contribution in [0.4, 0.5) is 0 Å². The highest BCUT2D eigenvalue weighted by molar-refractivity contribution is 5.00. The van der Waals surface area contributed by atoms with Gasteiger partial charge in [-0.05, 0) is 27.3 Å². The van der Waals surface area contributed by atoms with Crippen LogP contribution >= 0.6 is 0 Å². The van der Waals surface area contributed by atoms with Gasteiger partial charge in [0.2, 0.25) is 0 Å². The van der Waals surface area contributed by atoms with Gasteiger partial charge in [0.15, 0.2) is 0 Å². The van der Waals surface area contributed by atoms with Gasteiger partial charge < -0.3 is 0 Å². The Kier molecular flexibility index (Phi) is 2.10. The van der Waals surface area contributed by atoms with Crippen LogP contribution in [-0.4, -0.2) is 48.2 Å². The first-order valence-electron chi connectivity index (χ1n) is 4.92. The topological polar surface area (TPSA) is 18.5 Å². The number of hydrazine groups is 1. The number of fused-ring (bicyclic) bond motifs is 2. The molecule has 12 heavy (non-hydrogen) atoms. The van der Waals surface area contributed by atoms with E-state index in [2.05, 4.69) is 29.2 Å². The van der Waals surface area contributed by atoms with Gasteiger partial charge in [0.1, 0.15) is 0 Å². The summed E-state index contributed by atoms with van der Waals surface area (Å²) in [7, 11) is 2.02. The summed E-state index contributed by atoms with van der Waals surface area (Å²) in [5, 5.41) is 2.33. The molecule has 0 amide bonds. The van der Waals surface area contributed by atoms with Gasteiger partial charge in [-0.25, -0.2) is 5.01 Å². The van der Waals surface area contributed by atoms with E-state index in [9.17, 15) is 0 Å². The molecule has 0 aromatic carbocycles. The van der Waals surface area contributed by atoms with E-state index in [1.54, 1.807) is 0 Å². The van der Waals surface area contributed by atoms with Crippen LogP contribution in [-0.2, 0) is 0 Å². The Hall–Kier alpha value is -0.120. The van der Waals surface area contributed by atoms with Gasteiger partial charge >= 0.3 is 0 Å². The molecular weight excluding hydrogens is 150 g/mol. The number of hydrogen-bond donors (Lipinski definition) is 1. The molecule has 3 saturated heterocycles. The Bertz CT molecular complexity index is 157. The molecular formula is C9H19N3. The van der Waals surface area contributed by atoms with Crippen LogP contribution in [0.25, 0.3) is 0 Å². The van der Waals surface area contributed by atoms with Gasteiger partial charge in [-0.15, -0.1) is 0 Å². The van der Waals surface area contributed by atoms with Crippen molar-refractivity contribution in [1.82, 2.24) is 15.3 Å². The maximum absolute atomic E-state index is 3.23. The van der Waals surface area contributed by atoms with Crippen LogP contribution < -0.4 is 5.43 Å². The van der Waals surface area contributed by atoms with Crippen LogP contribution in [0.1, 0.15) is 20.3 Å². The summed E-state index contributed by atoms with van der Waals surface area (Å²) in [6.07, 6.45) is 1.41. The van der Waals surface area contributed by atoms with Crippen molar-refractivity contribution in [2.45, 2.75) is 38.4 Å². The lowest BCUT2D eigenvalue weighted by Crippen LogP contribution is -2.71. The number of nitrogens with zero attached hydrogens (tertiary/aromatic N) is 2. The van der Waals surface area contributed by atoms with Gasteiger partial charge in [0.05, 0.1) is 0 Å². The van der Waals surface area contributed by atoms with Gasteiger partial charge in [-0.3, -0.25) is 10.3 Å². The molecule has 3 aliphatic rings. The second kappa shape index (κ2) is 2.98. The lowest BCUT2D eigenvalue weighted by atomic mass is 9.87. The molecule has 0 aromatic rings. The standard InChI is InChI=1S/C9H19N3/c1-7(2)12-8-4-9(12)6-11(5-8)10-3/h7-10H,4-6H2,1-3H3. The molecule has 3 heteroatoms. The zero-order valence-electron chi connectivity index (χ0n) is 8.25. The molecule has 2 unspecified atom stereocenters. The summed E-state index contributed by atoms with van der Waals surface area (Å²) in [6, 6.07) is 2.36. The highest BCUT2D eigenvalue weighted by Crippen LogP contribution is 2.32. The van der Waals surface area contributed by atoms with E-state index in [1.165, 1.54) is 19.5 Å². The van der Waals surface area contributed by atoms with Crippen LogP contribution in [0, 0.1) is 0 Å². The van der Waals surface area contributed by atoms with Gasteiger partial charge in [-0.2, -0.15) is 0 Å². The molecule has 70 valence electrons. The van der Waals surface area contributed by atoms with Gasteiger partial charge in [0, 0.05) is 31.2 Å². The van der Waals surface area contributed by atoms with Crippen molar-refractivity contribution < 1.29 is 0 Å². The molecule has 1 N–H and O–H groups in total. The molecule has 3 nitrogen and oxygen atoms in total. The maximum atomic E-state index is 3.23. The minimum atomic E-state index is 0.729. The molecule has 3 heterocycles. The van der Waals surface area contributed by atoms with E-state index in [-0.39, 0.29) is 0 Å². The van der Waals surface area contributed by atoms with Crippen LogP contribution in [0.15, 0.2) is 0 Å². The van der Waals surface area contributed by atoms with Crippen LogP contribution in [0.3, 0.4) is 0 Å². The number of rotatable bonds is 2. The third-order valence-corrected chi connectivity index (χ3v) is 3.16. The average molecular weight is 169 g/mol. The molecule has 3 fully saturated rings. The summed E-state index contributed by atoms with van der Waals surface area (Å²) in [5.41, 5.74) is 3.23. The first-order valence-corrected chi connectivity index (χ1v) is 4.92.